The number of benzene rings is 8. The summed E-state index contributed by atoms with van der Waals surface area (Å²) < 4.78 is 7.69. The molecule has 12 aromatic rings. The zero-order chi connectivity index (χ0) is 38.2. The van der Waals surface area contributed by atoms with Gasteiger partial charge in [0.2, 0.25) is 0 Å². The minimum Gasteiger partial charge on any atom is -0.455 e. The first-order chi connectivity index (χ1) is 28.7. The molecule has 58 heavy (non-hydrogen) atoms. The third-order valence-corrected chi connectivity index (χ3v) is 12.2. The Bertz CT molecular complexity index is 3590. The summed E-state index contributed by atoms with van der Waals surface area (Å²) in [5.74, 6) is 1.75. The topological polar surface area (TPSA) is 64.7 Å². The van der Waals surface area contributed by atoms with Crippen LogP contribution in [0.5, 0.6) is 0 Å². The summed E-state index contributed by atoms with van der Waals surface area (Å²) in [6, 6.07) is 63.3. The van der Waals surface area contributed by atoms with Crippen molar-refractivity contribution >= 4 is 75.1 Å². The number of rotatable bonds is 5. The van der Waals surface area contributed by atoms with Gasteiger partial charge in [-0.15, -0.1) is 11.3 Å². The van der Waals surface area contributed by atoms with Crippen molar-refractivity contribution in [3.8, 4) is 56.5 Å². The van der Waals surface area contributed by atoms with Crippen LogP contribution in [0.1, 0.15) is 0 Å². The van der Waals surface area contributed by atoms with Gasteiger partial charge in [-0.05, 0) is 51.6 Å². The van der Waals surface area contributed by atoms with Crippen molar-refractivity contribution in [1.82, 2.24) is 19.9 Å². The molecule has 0 saturated heterocycles. The molecule has 0 amide bonds. The highest BCUT2D eigenvalue weighted by molar-refractivity contribution is 7.25. The van der Waals surface area contributed by atoms with Gasteiger partial charge in [-0.3, -0.25) is 0 Å². The van der Waals surface area contributed by atoms with E-state index in [2.05, 4.69) is 121 Å². The molecule has 0 aliphatic carbocycles. The fourth-order valence-electron chi connectivity index (χ4n) is 8.49. The molecule has 4 aromatic heterocycles. The number of hydrogen-bond donors (Lipinski definition) is 0. The molecular formula is C52H30N4OS. The Morgan fingerprint density at radius 2 is 0.948 bits per heavy atom. The van der Waals surface area contributed by atoms with Gasteiger partial charge in [-0.2, -0.15) is 0 Å². The summed E-state index contributed by atoms with van der Waals surface area (Å²) in [7, 11) is 0. The molecule has 0 fully saturated rings. The number of pyridine rings is 1. The standard InChI is InChI=1S/C52H30N4OS/c1-2-14-31(15-3-1)49-54-50(56-51(55-49)43-25-13-24-41-37-20-8-10-26-44(37)57-48(41)43)33-17-12-16-32(30-33)34-28-29-40(36-19-5-4-18-35(34)36)47-39-22-7-6-21-38(39)46-42-23-9-11-27-45(42)58-52(46)53-47/h1-30H. The van der Waals surface area contributed by atoms with Crippen molar-refractivity contribution in [3.63, 3.8) is 0 Å². The fraction of sp³-hybridized carbons (Fsp3) is 0. The van der Waals surface area contributed by atoms with Crippen molar-refractivity contribution in [3.05, 3.63) is 182 Å². The van der Waals surface area contributed by atoms with Crippen LogP contribution in [0, 0.1) is 0 Å². The Morgan fingerprint density at radius 3 is 1.79 bits per heavy atom. The minimum atomic E-state index is 0.559. The second kappa shape index (κ2) is 13.0. The molecule has 0 unspecified atom stereocenters. The van der Waals surface area contributed by atoms with Gasteiger partial charge in [0, 0.05) is 48.3 Å². The third kappa shape index (κ3) is 5.16. The lowest BCUT2D eigenvalue weighted by atomic mass is 9.91. The van der Waals surface area contributed by atoms with E-state index < -0.39 is 0 Å². The Kier molecular flexibility index (Phi) is 7.33. The molecule has 0 spiro atoms. The average Bonchev–Trinajstić information content (AvgIpc) is 3.87. The fourth-order valence-corrected chi connectivity index (χ4v) is 9.59. The van der Waals surface area contributed by atoms with Gasteiger partial charge in [0.25, 0.3) is 0 Å². The van der Waals surface area contributed by atoms with E-state index in [1.54, 1.807) is 11.3 Å². The summed E-state index contributed by atoms with van der Waals surface area (Å²) in [5.41, 5.74) is 8.52. The van der Waals surface area contributed by atoms with Crippen LogP contribution in [0.25, 0.3) is 120 Å². The van der Waals surface area contributed by atoms with Gasteiger partial charge in [0.05, 0.1) is 11.3 Å². The highest BCUT2D eigenvalue weighted by Crippen LogP contribution is 2.44. The molecule has 0 bridgehead atoms. The van der Waals surface area contributed by atoms with E-state index in [4.69, 9.17) is 24.4 Å². The van der Waals surface area contributed by atoms with Crippen LogP contribution in [-0.4, -0.2) is 19.9 Å². The Labute approximate surface area is 336 Å². The lowest BCUT2D eigenvalue weighted by Crippen LogP contribution is -2.00. The number of furan rings is 1. The molecule has 0 aliphatic heterocycles. The van der Waals surface area contributed by atoms with Gasteiger partial charge in [0.1, 0.15) is 16.0 Å². The molecule has 0 saturated carbocycles. The first kappa shape index (κ1) is 32.7. The van der Waals surface area contributed by atoms with E-state index in [9.17, 15) is 0 Å². The molecule has 270 valence electrons. The summed E-state index contributed by atoms with van der Waals surface area (Å²) in [4.78, 5) is 21.7. The molecule has 4 heterocycles. The minimum absolute atomic E-state index is 0.559. The molecular weight excluding hydrogens is 729 g/mol. The second-order valence-corrected chi connectivity index (χ2v) is 15.6. The monoisotopic (exact) mass is 758 g/mol. The largest absolute Gasteiger partial charge is 0.455 e. The van der Waals surface area contributed by atoms with E-state index in [-0.39, 0.29) is 0 Å². The van der Waals surface area contributed by atoms with E-state index in [1.165, 1.54) is 20.9 Å². The van der Waals surface area contributed by atoms with Crippen LogP contribution < -0.4 is 0 Å². The van der Waals surface area contributed by atoms with E-state index in [0.29, 0.717) is 17.5 Å². The predicted octanol–water partition coefficient (Wildman–Crippen LogP) is 14.2. The smallest absolute Gasteiger partial charge is 0.167 e. The lowest BCUT2D eigenvalue weighted by Gasteiger charge is -2.14. The maximum absolute atomic E-state index is 6.44. The van der Waals surface area contributed by atoms with Crippen molar-refractivity contribution in [2.24, 2.45) is 0 Å². The van der Waals surface area contributed by atoms with Gasteiger partial charge in [-0.1, -0.05) is 158 Å². The van der Waals surface area contributed by atoms with E-state index >= 15 is 0 Å². The zero-order valence-electron chi connectivity index (χ0n) is 30.9. The van der Waals surface area contributed by atoms with Crippen LogP contribution >= 0.6 is 11.3 Å². The summed E-state index contributed by atoms with van der Waals surface area (Å²) in [5, 5.41) is 9.25. The summed E-state index contributed by atoms with van der Waals surface area (Å²) in [6.45, 7) is 0. The van der Waals surface area contributed by atoms with Crippen molar-refractivity contribution in [1.29, 1.82) is 0 Å². The molecule has 0 radical (unpaired) electrons. The Morgan fingerprint density at radius 1 is 0.362 bits per heavy atom. The number of hydrogen-bond acceptors (Lipinski definition) is 6. The van der Waals surface area contributed by atoms with E-state index in [1.807, 2.05) is 60.7 Å². The van der Waals surface area contributed by atoms with Crippen molar-refractivity contribution in [2.45, 2.75) is 0 Å². The predicted molar refractivity (Wildman–Crippen MR) is 240 cm³/mol. The number of thiophene rings is 1. The first-order valence-corrected chi connectivity index (χ1v) is 20.1. The van der Waals surface area contributed by atoms with Crippen molar-refractivity contribution in [2.75, 3.05) is 0 Å². The number of nitrogens with zero attached hydrogens (tertiary/aromatic N) is 4. The zero-order valence-corrected chi connectivity index (χ0v) is 31.7. The van der Waals surface area contributed by atoms with Gasteiger partial charge in [-0.25, -0.2) is 19.9 Å². The molecule has 5 nitrogen and oxygen atoms in total. The van der Waals surface area contributed by atoms with Gasteiger partial charge in [0.15, 0.2) is 17.5 Å². The SMILES string of the molecule is c1ccc(-c2nc(-c3cccc(-c4ccc(-c5nc6sc7ccccc7c6c6ccccc56)c5ccccc45)c3)nc(-c3cccc4c3oc3ccccc34)n2)cc1. The molecule has 0 atom stereocenters. The lowest BCUT2D eigenvalue weighted by molar-refractivity contribution is 0.669. The summed E-state index contributed by atoms with van der Waals surface area (Å²) >= 11 is 1.76. The normalized spacial score (nSPS) is 11.8. The molecule has 6 heteroatoms. The average molecular weight is 759 g/mol. The third-order valence-electron chi connectivity index (χ3n) is 11.2. The first-order valence-electron chi connectivity index (χ1n) is 19.3. The van der Waals surface area contributed by atoms with Gasteiger partial charge >= 0.3 is 0 Å². The van der Waals surface area contributed by atoms with Crippen LogP contribution in [0.2, 0.25) is 0 Å². The van der Waals surface area contributed by atoms with Crippen LogP contribution in [0.4, 0.5) is 0 Å². The number of aromatic nitrogens is 4. The van der Waals surface area contributed by atoms with Crippen LogP contribution in [-0.2, 0) is 0 Å². The Hall–Kier alpha value is -7.54. The molecule has 0 N–H and O–H groups in total. The Balaban J connectivity index is 1.02. The van der Waals surface area contributed by atoms with E-state index in [0.717, 1.165) is 82.0 Å². The highest BCUT2D eigenvalue weighted by atomic mass is 32.1. The van der Waals surface area contributed by atoms with Crippen LogP contribution in [0.15, 0.2) is 186 Å². The van der Waals surface area contributed by atoms with Crippen LogP contribution in [0.3, 0.4) is 0 Å². The maximum Gasteiger partial charge on any atom is 0.167 e. The molecule has 8 aromatic carbocycles. The molecule has 12 rings (SSSR count). The number of para-hydroxylation sites is 2. The second-order valence-electron chi connectivity index (χ2n) is 14.5. The highest BCUT2D eigenvalue weighted by Gasteiger charge is 2.20. The summed E-state index contributed by atoms with van der Waals surface area (Å²) in [6.07, 6.45) is 0. The van der Waals surface area contributed by atoms with Crippen molar-refractivity contribution < 1.29 is 4.42 Å². The van der Waals surface area contributed by atoms with Gasteiger partial charge < -0.3 is 4.42 Å². The number of fused-ring (bicyclic) bond motifs is 9. The quantitative estimate of drug-likeness (QED) is 0.175. The molecule has 0 aliphatic rings. The maximum atomic E-state index is 6.44.